The van der Waals surface area contributed by atoms with E-state index >= 15 is 0 Å². The molecule has 0 bridgehead atoms. The van der Waals surface area contributed by atoms with Crippen LogP contribution in [-0.4, -0.2) is 23.6 Å². The average molecular weight is 209 g/mol. The number of aliphatic hydroxyl groups is 1. The van der Waals surface area contributed by atoms with Crippen molar-refractivity contribution in [1.29, 1.82) is 0 Å². The van der Waals surface area contributed by atoms with Crippen molar-refractivity contribution in [3.63, 3.8) is 0 Å². The number of fused-ring (bicyclic) bond motifs is 1. The Labute approximate surface area is 88.9 Å². The van der Waals surface area contributed by atoms with Gasteiger partial charge < -0.3 is 10.0 Å². The molecule has 0 saturated heterocycles. The summed E-state index contributed by atoms with van der Waals surface area (Å²) in [4.78, 5) is 3.43. The van der Waals surface area contributed by atoms with Crippen LogP contribution in [0.4, 0.5) is 5.69 Å². The third-order valence-electron chi connectivity index (χ3n) is 2.62. The standard InChI is InChI=1S/C11H15NOS/c1-3-9(13)11-12(2)8-6-4-5-7-10(8)14-11/h4-7,9,11,13H,3H2,1-2H3. The maximum Gasteiger partial charge on any atom is 0.105 e. The number of likely N-dealkylation sites (N-methyl/N-ethyl adjacent to an activating group) is 1. The van der Waals surface area contributed by atoms with Crippen LogP contribution in [0.25, 0.3) is 0 Å². The van der Waals surface area contributed by atoms with Crippen molar-refractivity contribution >= 4 is 17.4 Å². The minimum atomic E-state index is -0.252. The van der Waals surface area contributed by atoms with Crippen LogP contribution in [0.2, 0.25) is 0 Å². The van der Waals surface area contributed by atoms with Gasteiger partial charge in [0.1, 0.15) is 5.37 Å². The number of nitrogens with zero attached hydrogens (tertiary/aromatic N) is 1. The molecule has 1 aromatic rings. The van der Waals surface area contributed by atoms with E-state index in [4.69, 9.17) is 0 Å². The van der Waals surface area contributed by atoms with Gasteiger partial charge in [-0.2, -0.15) is 0 Å². The first-order valence-corrected chi connectivity index (χ1v) is 5.78. The van der Waals surface area contributed by atoms with Gasteiger partial charge in [-0.3, -0.25) is 0 Å². The van der Waals surface area contributed by atoms with E-state index in [2.05, 4.69) is 17.0 Å². The summed E-state index contributed by atoms with van der Waals surface area (Å²) >= 11 is 1.75. The Kier molecular flexibility index (Phi) is 2.70. The fourth-order valence-electron chi connectivity index (χ4n) is 1.73. The van der Waals surface area contributed by atoms with Gasteiger partial charge in [-0.05, 0) is 18.6 Å². The number of hydrogen-bond acceptors (Lipinski definition) is 3. The molecule has 1 aliphatic rings. The van der Waals surface area contributed by atoms with Gasteiger partial charge in [-0.1, -0.05) is 30.8 Å². The van der Waals surface area contributed by atoms with Gasteiger partial charge in [-0.25, -0.2) is 0 Å². The number of anilines is 1. The number of benzene rings is 1. The molecule has 1 aromatic carbocycles. The second kappa shape index (κ2) is 3.83. The highest BCUT2D eigenvalue weighted by Gasteiger charge is 2.31. The van der Waals surface area contributed by atoms with E-state index in [-0.39, 0.29) is 11.5 Å². The van der Waals surface area contributed by atoms with Gasteiger partial charge in [0.25, 0.3) is 0 Å². The molecule has 0 radical (unpaired) electrons. The minimum absolute atomic E-state index is 0.178. The molecule has 1 heterocycles. The third kappa shape index (κ3) is 1.51. The third-order valence-corrected chi connectivity index (χ3v) is 4.09. The van der Waals surface area contributed by atoms with E-state index in [9.17, 15) is 5.11 Å². The van der Waals surface area contributed by atoms with Crippen LogP contribution in [0, 0.1) is 0 Å². The van der Waals surface area contributed by atoms with E-state index in [1.165, 1.54) is 10.6 Å². The Morgan fingerprint density at radius 1 is 1.50 bits per heavy atom. The number of thioether (sulfide) groups is 1. The Morgan fingerprint density at radius 3 is 2.86 bits per heavy atom. The van der Waals surface area contributed by atoms with Crippen molar-refractivity contribution in [1.82, 2.24) is 0 Å². The predicted molar refractivity (Wildman–Crippen MR) is 60.8 cm³/mol. The number of aliphatic hydroxyl groups excluding tert-OH is 1. The smallest absolute Gasteiger partial charge is 0.105 e. The molecule has 2 atom stereocenters. The Balaban J connectivity index is 2.25. The summed E-state index contributed by atoms with van der Waals surface area (Å²) < 4.78 is 0. The number of hydrogen-bond donors (Lipinski definition) is 1. The molecule has 2 rings (SSSR count). The van der Waals surface area contributed by atoms with Gasteiger partial charge in [-0.15, -0.1) is 0 Å². The lowest BCUT2D eigenvalue weighted by Gasteiger charge is -2.25. The molecule has 2 unspecified atom stereocenters. The van der Waals surface area contributed by atoms with Gasteiger partial charge in [0.2, 0.25) is 0 Å². The molecule has 0 aliphatic carbocycles. The van der Waals surface area contributed by atoms with Crippen LogP contribution < -0.4 is 4.90 Å². The first kappa shape index (κ1) is 9.87. The molecular weight excluding hydrogens is 194 g/mol. The van der Waals surface area contributed by atoms with Crippen LogP contribution in [-0.2, 0) is 0 Å². The molecule has 1 N–H and O–H groups in total. The largest absolute Gasteiger partial charge is 0.390 e. The molecule has 2 nitrogen and oxygen atoms in total. The van der Waals surface area contributed by atoms with Crippen molar-refractivity contribution in [3.8, 4) is 0 Å². The lowest BCUT2D eigenvalue weighted by atomic mass is 10.2. The Hall–Kier alpha value is -0.670. The SMILES string of the molecule is CCC(O)C1Sc2ccccc2N1C. The van der Waals surface area contributed by atoms with Crippen LogP contribution in [0.5, 0.6) is 0 Å². The van der Waals surface area contributed by atoms with Crippen molar-refractivity contribution in [2.45, 2.75) is 29.7 Å². The Bertz CT molecular complexity index is 329. The van der Waals surface area contributed by atoms with E-state index in [1.807, 2.05) is 26.1 Å². The molecule has 0 amide bonds. The first-order valence-electron chi connectivity index (χ1n) is 4.90. The maximum absolute atomic E-state index is 9.84. The molecule has 76 valence electrons. The van der Waals surface area contributed by atoms with E-state index in [0.29, 0.717) is 0 Å². The van der Waals surface area contributed by atoms with Gasteiger partial charge in [0.05, 0.1) is 11.8 Å². The summed E-state index contributed by atoms with van der Waals surface area (Å²) in [6, 6.07) is 8.29. The van der Waals surface area contributed by atoms with Crippen molar-refractivity contribution in [2.75, 3.05) is 11.9 Å². The highest BCUT2D eigenvalue weighted by Crippen LogP contribution is 2.43. The van der Waals surface area contributed by atoms with Crippen LogP contribution in [0.1, 0.15) is 13.3 Å². The molecular formula is C11H15NOS. The van der Waals surface area contributed by atoms with Crippen molar-refractivity contribution in [3.05, 3.63) is 24.3 Å². The molecule has 1 aliphatic heterocycles. The molecule has 0 fully saturated rings. The summed E-state index contributed by atoms with van der Waals surface area (Å²) in [5.41, 5.74) is 1.23. The molecule has 0 spiro atoms. The highest BCUT2D eigenvalue weighted by molar-refractivity contribution is 8.00. The second-order valence-corrected chi connectivity index (χ2v) is 4.72. The lowest BCUT2D eigenvalue weighted by molar-refractivity contribution is 0.167. The number of rotatable bonds is 2. The van der Waals surface area contributed by atoms with Crippen LogP contribution in [0.15, 0.2) is 29.2 Å². The normalized spacial score (nSPS) is 22.2. The van der Waals surface area contributed by atoms with Crippen LogP contribution >= 0.6 is 11.8 Å². The topological polar surface area (TPSA) is 23.5 Å². The second-order valence-electron chi connectivity index (χ2n) is 3.56. The zero-order chi connectivity index (χ0) is 10.1. The monoisotopic (exact) mass is 209 g/mol. The Morgan fingerprint density at radius 2 is 2.21 bits per heavy atom. The van der Waals surface area contributed by atoms with E-state index in [0.717, 1.165) is 6.42 Å². The first-order chi connectivity index (χ1) is 6.74. The van der Waals surface area contributed by atoms with Crippen molar-refractivity contribution in [2.24, 2.45) is 0 Å². The quantitative estimate of drug-likeness (QED) is 0.808. The molecule has 0 saturated carbocycles. The fourth-order valence-corrected chi connectivity index (χ4v) is 3.10. The highest BCUT2D eigenvalue weighted by atomic mass is 32.2. The average Bonchev–Trinajstić information content (AvgIpc) is 2.56. The molecule has 0 aromatic heterocycles. The van der Waals surface area contributed by atoms with Gasteiger partial charge in [0.15, 0.2) is 0 Å². The number of para-hydroxylation sites is 1. The predicted octanol–water partition coefficient (Wildman–Crippen LogP) is 2.33. The zero-order valence-corrected chi connectivity index (χ0v) is 9.29. The van der Waals surface area contributed by atoms with E-state index in [1.54, 1.807) is 11.8 Å². The van der Waals surface area contributed by atoms with Crippen LogP contribution in [0.3, 0.4) is 0 Å². The van der Waals surface area contributed by atoms with Gasteiger partial charge >= 0.3 is 0 Å². The zero-order valence-electron chi connectivity index (χ0n) is 8.47. The molecule has 3 heteroatoms. The summed E-state index contributed by atoms with van der Waals surface area (Å²) in [5, 5.41) is 10.0. The van der Waals surface area contributed by atoms with Gasteiger partial charge in [0, 0.05) is 11.9 Å². The summed E-state index contributed by atoms with van der Waals surface area (Å²) in [5.74, 6) is 0. The maximum atomic E-state index is 9.84. The molecule has 14 heavy (non-hydrogen) atoms. The summed E-state index contributed by atoms with van der Waals surface area (Å²) in [6.07, 6.45) is 0.549. The fraction of sp³-hybridized carbons (Fsp3) is 0.455. The minimum Gasteiger partial charge on any atom is -0.390 e. The van der Waals surface area contributed by atoms with E-state index < -0.39 is 0 Å². The summed E-state index contributed by atoms with van der Waals surface area (Å²) in [7, 11) is 2.04. The summed E-state index contributed by atoms with van der Waals surface area (Å²) in [6.45, 7) is 2.02. The van der Waals surface area contributed by atoms with Crippen molar-refractivity contribution < 1.29 is 5.11 Å². The lowest BCUT2D eigenvalue weighted by Crippen LogP contribution is -2.35.